The van der Waals surface area contributed by atoms with Gasteiger partial charge in [-0.25, -0.2) is 9.59 Å². The van der Waals surface area contributed by atoms with E-state index in [0.29, 0.717) is 17.5 Å². The highest BCUT2D eigenvalue weighted by Crippen LogP contribution is 2.11. The van der Waals surface area contributed by atoms with E-state index in [2.05, 4.69) is 0 Å². The van der Waals surface area contributed by atoms with E-state index in [0.717, 1.165) is 12.8 Å². The van der Waals surface area contributed by atoms with Gasteiger partial charge in [0.05, 0.1) is 11.1 Å². The topological polar surface area (TPSA) is 69.7 Å². The van der Waals surface area contributed by atoms with Crippen molar-refractivity contribution in [1.82, 2.24) is 0 Å². The summed E-state index contributed by atoms with van der Waals surface area (Å²) < 4.78 is 10.4. The van der Waals surface area contributed by atoms with E-state index >= 15 is 0 Å². The van der Waals surface area contributed by atoms with Crippen molar-refractivity contribution in [2.24, 2.45) is 0 Å². The highest BCUT2D eigenvalue weighted by molar-refractivity contribution is 5.95. The third kappa shape index (κ3) is 5.84. The number of Topliss-reactive ketones (excluding diaryl/α,β-unsaturated/α-hetero) is 1. The van der Waals surface area contributed by atoms with E-state index in [9.17, 15) is 14.4 Å². The quantitative estimate of drug-likeness (QED) is 0.640. The summed E-state index contributed by atoms with van der Waals surface area (Å²) in [7, 11) is 0. The number of benzene rings is 2. The second-order valence-electron chi connectivity index (χ2n) is 5.81. The van der Waals surface area contributed by atoms with Crippen LogP contribution in [0.3, 0.4) is 0 Å². The van der Waals surface area contributed by atoms with E-state index < -0.39 is 30.4 Å². The smallest absolute Gasteiger partial charge is 0.338 e. The minimum atomic E-state index is -0.925. The van der Waals surface area contributed by atoms with Crippen molar-refractivity contribution in [1.29, 1.82) is 0 Å². The van der Waals surface area contributed by atoms with Crippen LogP contribution >= 0.6 is 0 Å². The van der Waals surface area contributed by atoms with Gasteiger partial charge in [0, 0.05) is 0 Å². The number of esters is 2. The summed E-state index contributed by atoms with van der Waals surface area (Å²) in [6.45, 7) is 1.56. The Labute approximate surface area is 152 Å². The molecule has 0 saturated carbocycles. The number of carbonyl (C=O) groups excluding carboxylic acids is 3. The summed E-state index contributed by atoms with van der Waals surface area (Å²) in [5, 5.41) is 0. The average Bonchev–Trinajstić information content (AvgIpc) is 2.70. The Hall–Kier alpha value is -2.95. The Morgan fingerprint density at radius 1 is 0.846 bits per heavy atom. The lowest BCUT2D eigenvalue weighted by Crippen LogP contribution is -2.31. The molecule has 0 fully saturated rings. The van der Waals surface area contributed by atoms with Crippen LogP contribution in [0.1, 0.15) is 46.9 Å². The molecular weight excluding hydrogens is 332 g/mol. The first kappa shape index (κ1) is 19.4. The summed E-state index contributed by atoms with van der Waals surface area (Å²) in [6, 6.07) is 16.9. The van der Waals surface area contributed by atoms with Gasteiger partial charge < -0.3 is 9.47 Å². The third-order valence-electron chi connectivity index (χ3n) is 3.79. The van der Waals surface area contributed by atoms with E-state index in [1.807, 2.05) is 6.92 Å². The second kappa shape index (κ2) is 10.1. The zero-order chi connectivity index (χ0) is 18.8. The van der Waals surface area contributed by atoms with Gasteiger partial charge in [-0.1, -0.05) is 49.7 Å². The predicted molar refractivity (Wildman–Crippen MR) is 96.9 cm³/mol. The molecule has 2 rings (SSSR count). The zero-order valence-corrected chi connectivity index (χ0v) is 14.7. The van der Waals surface area contributed by atoms with E-state index in [1.165, 1.54) is 0 Å². The fourth-order valence-electron chi connectivity index (χ4n) is 2.33. The Bertz CT molecular complexity index is 725. The molecule has 2 aromatic carbocycles. The number of hydrogen-bond donors (Lipinski definition) is 0. The molecule has 5 heteroatoms. The van der Waals surface area contributed by atoms with Crippen LogP contribution in [-0.2, 0) is 14.3 Å². The number of hydrogen-bond acceptors (Lipinski definition) is 5. The molecule has 0 spiro atoms. The number of ketones is 1. The Morgan fingerprint density at radius 3 is 1.92 bits per heavy atom. The molecule has 2 aromatic rings. The Kier molecular flexibility index (Phi) is 7.55. The molecule has 0 aliphatic carbocycles. The monoisotopic (exact) mass is 354 g/mol. The first-order valence-corrected chi connectivity index (χ1v) is 8.62. The van der Waals surface area contributed by atoms with Gasteiger partial charge in [0.25, 0.3) is 0 Å². The van der Waals surface area contributed by atoms with Crippen molar-refractivity contribution in [3.8, 4) is 0 Å². The number of unbranched alkanes of at least 4 members (excludes halogenated alkanes) is 1. The van der Waals surface area contributed by atoms with Crippen molar-refractivity contribution in [3.63, 3.8) is 0 Å². The average molecular weight is 354 g/mol. The molecule has 0 N–H and O–H groups in total. The lowest BCUT2D eigenvalue weighted by molar-refractivity contribution is -0.131. The standard InChI is InChI=1S/C21H22O5/c1-2-3-14-19(26-21(24)17-12-8-5-9-13-17)18(22)15-25-20(23)16-10-6-4-7-11-16/h4-13,19H,2-3,14-15H2,1H3/t19-/m1/s1. The molecule has 0 bridgehead atoms. The molecule has 26 heavy (non-hydrogen) atoms. The van der Waals surface area contributed by atoms with E-state index in [1.54, 1.807) is 60.7 Å². The summed E-state index contributed by atoms with van der Waals surface area (Å²) in [5.74, 6) is -1.57. The van der Waals surface area contributed by atoms with Gasteiger partial charge in [0.2, 0.25) is 5.78 Å². The molecule has 0 aromatic heterocycles. The molecule has 136 valence electrons. The Balaban J connectivity index is 1.95. The maximum atomic E-state index is 12.4. The number of carbonyl (C=O) groups is 3. The van der Waals surface area contributed by atoms with Gasteiger partial charge in [0.15, 0.2) is 12.7 Å². The number of ether oxygens (including phenoxy) is 2. The summed E-state index contributed by atoms with van der Waals surface area (Å²) in [6.07, 6.45) is 1.06. The first-order valence-electron chi connectivity index (χ1n) is 8.62. The molecule has 0 heterocycles. The lowest BCUT2D eigenvalue weighted by atomic mass is 10.1. The van der Waals surface area contributed by atoms with Crippen LogP contribution in [0, 0.1) is 0 Å². The third-order valence-corrected chi connectivity index (χ3v) is 3.79. The van der Waals surface area contributed by atoms with Crippen LogP contribution in [0.4, 0.5) is 0 Å². The molecule has 0 aliphatic rings. The van der Waals surface area contributed by atoms with Crippen molar-refractivity contribution in [3.05, 3.63) is 71.8 Å². The van der Waals surface area contributed by atoms with Gasteiger partial charge in [-0.2, -0.15) is 0 Å². The van der Waals surface area contributed by atoms with Crippen molar-refractivity contribution >= 4 is 17.7 Å². The van der Waals surface area contributed by atoms with Crippen LogP contribution in [0.25, 0.3) is 0 Å². The van der Waals surface area contributed by atoms with E-state index in [4.69, 9.17) is 9.47 Å². The highest BCUT2D eigenvalue weighted by atomic mass is 16.6. The minimum absolute atomic E-state index is 0.367. The molecule has 5 nitrogen and oxygen atoms in total. The molecule has 1 atom stereocenters. The first-order chi connectivity index (χ1) is 12.6. The lowest BCUT2D eigenvalue weighted by Gasteiger charge is -2.16. The SMILES string of the molecule is CCCC[C@@H](OC(=O)c1ccccc1)C(=O)COC(=O)c1ccccc1. The maximum absolute atomic E-state index is 12.4. The molecule has 0 saturated heterocycles. The molecule has 0 unspecified atom stereocenters. The van der Waals surface area contributed by atoms with Gasteiger partial charge in [-0.05, 0) is 37.1 Å². The highest BCUT2D eigenvalue weighted by Gasteiger charge is 2.24. The van der Waals surface area contributed by atoms with Gasteiger partial charge in [0.1, 0.15) is 0 Å². The van der Waals surface area contributed by atoms with Crippen LogP contribution in [0.2, 0.25) is 0 Å². The molecule has 0 radical (unpaired) electrons. The van der Waals surface area contributed by atoms with Crippen LogP contribution in [-0.4, -0.2) is 30.4 Å². The minimum Gasteiger partial charge on any atom is -0.454 e. The summed E-state index contributed by atoms with van der Waals surface area (Å²) >= 11 is 0. The summed E-state index contributed by atoms with van der Waals surface area (Å²) in [4.78, 5) is 36.5. The van der Waals surface area contributed by atoms with Crippen molar-refractivity contribution in [2.45, 2.75) is 32.3 Å². The van der Waals surface area contributed by atoms with Crippen LogP contribution in [0.5, 0.6) is 0 Å². The second-order valence-corrected chi connectivity index (χ2v) is 5.81. The van der Waals surface area contributed by atoms with E-state index in [-0.39, 0.29) is 0 Å². The molecule has 0 amide bonds. The maximum Gasteiger partial charge on any atom is 0.338 e. The van der Waals surface area contributed by atoms with Crippen molar-refractivity contribution < 1.29 is 23.9 Å². The van der Waals surface area contributed by atoms with Gasteiger partial charge in [-0.15, -0.1) is 0 Å². The van der Waals surface area contributed by atoms with Gasteiger partial charge >= 0.3 is 11.9 Å². The van der Waals surface area contributed by atoms with Gasteiger partial charge in [-0.3, -0.25) is 4.79 Å². The largest absolute Gasteiger partial charge is 0.454 e. The predicted octanol–water partition coefficient (Wildman–Crippen LogP) is 3.83. The Morgan fingerprint density at radius 2 is 1.38 bits per heavy atom. The normalized spacial score (nSPS) is 11.4. The fourth-order valence-corrected chi connectivity index (χ4v) is 2.33. The van der Waals surface area contributed by atoms with Crippen LogP contribution < -0.4 is 0 Å². The van der Waals surface area contributed by atoms with Crippen molar-refractivity contribution in [2.75, 3.05) is 6.61 Å². The van der Waals surface area contributed by atoms with Crippen LogP contribution in [0.15, 0.2) is 60.7 Å². The molecular formula is C21H22O5. The summed E-state index contributed by atoms with van der Waals surface area (Å²) in [5.41, 5.74) is 0.745. The zero-order valence-electron chi connectivity index (χ0n) is 14.7. The fraction of sp³-hybridized carbons (Fsp3) is 0.286. The molecule has 0 aliphatic heterocycles. The number of rotatable bonds is 9.